The molecule has 1 aliphatic carbocycles. The summed E-state index contributed by atoms with van der Waals surface area (Å²) in [4.78, 5) is 23.7. The Balaban J connectivity index is 1.64. The lowest BCUT2D eigenvalue weighted by molar-refractivity contribution is 0.0922. The maximum absolute atomic E-state index is 12.9. The Bertz CT molecular complexity index is 850. The van der Waals surface area contributed by atoms with Crippen LogP contribution in [0.5, 0.6) is 5.75 Å². The minimum absolute atomic E-state index is 0.107. The molecule has 0 bridgehead atoms. The number of rotatable bonds is 4. The Kier molecular flexibility index (Phi) is 5.67. The molecule has 1 fully saturated rings. The van der Waals surface area contributed by atoms with Gasteiger partial charge >= 0.3 is 0 Å². The number of hydrogen-bond acceptors (Lipinski definition) is 5. The first-order valence-corrected chi connectivity index (χ1v) is 10.3. The number of fused-ring (bicyclic) bond motifs is 1. The van der Waals surface area contributed by atoms with E-state index in [1.807, 2.05) is 24.1 Å². The molecule has 0 radical (unpaired) electrons. The van der Waals surface area contributed by atoms with E-state index in [1.165, 1.54) is 19.3 Å². The van der Waals surface area contributed by atoms with Gasteiger partial charge in [0.05, 0.1) is 6.54 Å². The van der Waals surface area contributed by atoms with Crippen LogP contribution in [0.15, 0.2) is 24.4 Å². The highest BCUT2D eigenvalue weighted by Gasteiger charge is 2.25. The molecular weight excluding hydrogens is 376 g/mol. The van der Waals surface area contributed by atoms with E-state index in [2.05, 4.69) is 15.3 Å². The van der Waals surface area contributed by atoms with Gasteiger partial charge in [0, 0.05) is 31.3 Å². The number of hydrogen-bond donors (Lipinski definition) is 1. The fourth-order valence-corrected chi connectivity index (χ4v) is 3.97. The van der Waals surface area contributed by atoms with E-state index in [-0.39, 0.29) is 11.9 Å². The van der Waals surface area contributed by atoms with Crippen molar-refractivity contribution in [3.63, 3.8) is 0 Å². The molecule has 3 heterocycles. The number of likely N-dealkylation sites (N-methyl/N-ethyl adjacent to an activating group) is 1. The fraction of sp³-hybridized carbons (Fsp3) is 0.476. The van der Waals surface area contributed by atoms with Crippen LogP contribution in [-0.2, 0) is 6.42 Å². The van der Waals surface area contributed by atoms with Crippen LogP contribution in [0.1, 0.15) is 53.7 Å². The summed E-state index contributed by atoms with van der Waals surface area (Å²) in [5.74, 6) is 1.36. The lowest BCUT2D eigenvalue weighted by Crippen LogP contribution is -2.37. The van der Waals surface area contributed by atoms with Crippen LogP contribution in [-0.4, -0.2) is 42.1 Å². The zero-order chi connectivity index (χ0) is 19.5. The van der Waals surface area contributed by atoms with Crippen molar-refractivity contribution >= 4 is 23.3 Å². The number of carbonyl (C=O) groups is 1. The van der Waals surface area contributed by atoms with E-state index in [9.17, 15) is 4.79 Å². The third-order valence-corrected chi connectivity index (χ3v) is 5.65. The van der Waals surface area contributed by atoms with Gasteiger partial charge in [0.25, 0.3) is 5.91 Å². The molecule has 1 amide bonds. The number of halogens is 1. The summed E-state index contributed by atoms with van der Waals surface area (Å²) in [5.41, 5.74) is 2.39. The Morgan fingerprint density at radius 2 is 2.14 bits per heavy atom. The molecule has 1 saturated carbocycles. The van der Waals surface area contributed by atoms with E-state index < -0.39 is 0 Å². The van der Waals surface area contributed by atoms with Gasteiger partial charge in [0.2, 0.25) is 0 Å². The standard InChI is InChI=1S/C21H25ClN4O2/c1-26-9-10-28-19-15(11-14-7-8-18(22)23-13-14)12-17(25-20(19)26)21(27)24-16-5-3-2-4-6-16/h7-8,12-13,16H,2-6,9-11H2,1H3,(H,24,27). The van der Waals surface area contributed by atoms with Gasteiger partial charge in [0.15, 0.2) is 11.6 Å². The van der Waals surface area contributed by atoms with E-state index in [0.717, 1.165) is 42.1 Å². The summed E-state index contributed by atoms with van der Waals surface area (Å²) in [7, 11) is 1.98. The van der Waals surface area contributed by atoms with Crippen molar-refractivity contribution in [3.8, 4) is 5.75 Å². The predicted molar refractivity (Wildman–Crippen MR) is 109 cm³/mol. The molecule has 148 valence electrons. The number of ether oxygens (including phenoxy) is 1. The molecule has 2 aromatic heterocycles. The number of aromatic nitrogens is 2. The van der Waals surface area contributed by atoms with E-state index >= 15 is 0 Å². The van der Waals surface area contributed by atoms with Gasteiger partial charge in [-0.15, -0.1) is 0 Å². The van der Waals surface area contributed by atoms with Crippen LogP contribution in [0, 0.1) is 0 Å². The molecule has 1 N–H and O–H groups in total. The van der Waals surface area contributed by atoms with Crippen molar-refractivity contribution in [3.05, 3.63) is 46.4 Å². The van der Waals surface area contributed by atoms with Gasteiger partial charge < -0.3 is 15.0 Å². The van der Waals surface area contributed by atoms with Crippen LogP contribution in [0.25, 0.3) is 0 Å². The van der Waals surface area contributed by atoms with Crippen molar-refractivity contribution in [2.75, 3.05) is 25.1 Å². The molecule has 1 aliphatic heterocycles. The van der Waals surface area contributed by atoms with Crippen LogP contribution >= 0.6 is 11.6 Å². The molecule has 2 aromatic rings. The van der Waals surface area contributed by atoms with Gasteiger partial charge in [-0.3, -0.25) is 4.79 Å². The van der Waals surface area contributed by atoms with E-state index in [4.69, 9.17) is 16.3 Å². The smallest absolute Gasteiger partial charge is 0.270 e. The highest BCUT2D eigenvalue weighted by atomic mass is 35.5. The third kappa shape index (κ3) is 4.22. The topological polar surface area (TPSA) is 67.3 Å². The molecule has 2 aliphatic rings. The second kappa shape index (κ2) is 8.35. The first kappa shape index (κ1) is 19.0. The normalized spacial score (nSPS) is 17.0. The lowest BCUT2D eigenvalue weighted by atomic mass is 9.95. The van der Waals surface area contributed by atoms with Gasteiger partial charge in [-0.2, -0.15) is 0 Å². The zero-order valence-electron chi connectivity index (χ0n) is 16.1. The molecule has 0 saturated heterocycles. The second-order valence-corrected chi connectivity index (χ2v) is 7.95. The molecule has 4 rings (SSSR count). The molecule has 0 unspecified atom stereocenters. The van der Waals surface area contributed by atoms with Crippen LogP contribution < -0.4 is 15.0 Å². The van der Waals surface area contributed by atoms with Crippen LogP contribution in [0.4, 0.5) is 5.82 Å². The highest BCUT2D eigenvalue weighted by Crippen LogP contribution is 2.34. The maximum Gasteiger partial charge on any atom is 0.270 e. The number of amides is 1. The molecule has 0 spiro atoms. The minimum atomic E-state index is -0.107. The molecular formula is C21H25ClN4O2. The zero-order valence-corrected chi connectivity index (χ0v) is 16.8. The highest BCUT2D eigenvalue weighted by molar-refractivity contribution is 6.29. The summed E-state index contributed by atoms with van der Waals surface area (Å²) < 4.78 is 5.92. The Morgan fingerprint density at radius 3 is 2.89 bits per heavy atom. The number of nitrogens with zero attached hydrogens (tertiary/aromatic N) is 3. The summed E-state index contributed by atoms with van der Waals surface area (Å²) in [5, 5.41) is 3.63. The largest absolute Gasteiger partial charge is 0.488 e. The summed E-state index contributed by atoms with van der Waals surface area (Å²) in [6.07, 6.45) is 8.05. The fourth-order valence-electron chi connectivity index (χ4n) is 3.86. The second-order valence-electron chi connectivity index (χ2n) is 7.56. The van der Waals surface area contributed by atoms with Gasteiger partial charge in [-0.1, -0.05) is 36.9 Å². The van der Waals surface area contributed by atoms with Crippen LogP contribution in [0.3, 0.4) is 0 Å². The molecule has 6 nitrogen and oxygen atoms in total. The summed E-state index contributed by atoms with van der Waals surface area (Å²) in [6, 6.07) is 5.81. The summed E-state index contributed by atoms with van der Waals surface area (Å²) >= 11 is 5.90. The first-order chi connectivity index (χ1) is 13.6. The quantitative estimate of drug-likeness (QED) is 0.794. The van der Waals surface area contributed by atoms with E-state index in [0.29, 0.717) is 23.9 Å². The van der Waals surface area contributed by atoms with Gasteiger partial charge in [-0.05, 0) is 30.5 Å². The van der Waals surface area contributed by atoms with Gasteiger partial charge in [-0.25, -0.2) is 9.97 Å². The predicted octanol–water partition coefficient (Wildman–Crippen LogP) is 3.61. The minimum Gasteiger partial charge on any atom is -0.488 e. The average molecular weight is 401 g/mol. The SMILES string of the molecule is CN1CCOc2c(Cc3ccc(Cl)nc3)cc(C(=O)NC3CCCCC3)nc21. The average Bonchev–Trinajstić information content (AvgIpc) is 2.71. The molecule has 0 atom stereocenters. The maximum atomic E-state index is 12.9. The Hall–Kier alpha value is -2.34. The molecule has 28 heavy (non-hydrogen) atoms. The van der Waals surface area contributed by atoms with Gasteiger partial charge in [0.1, 0.15) is 17.5 Å². The molecule has 7 heteroatoms. The Labute approximate surface area is 170 Å². The lowest BCUT2D eigenvalue weighted by Gasteiger charge is -2.29. The summed E-state index contributed by atoms with van der Waals surface area (Å²) in [6.45, 7) is 1.35. The molecule has 0 aromatic carbocycles. The van der Waals surface area contributed by atoms with Crippen molar-refractivity contribution < 1.29 is 9.53 Å². The van der Waals surface area contributed by atoms with Crippen molar-refractivity contribution in [2.24, 2.45) is 0 Å². The van der Waals surface area contributed by atoms with Crippen molar-refractivity contribution in [2.45, 2.75) is 44.6 Å². The monoisotopic (exact) mass is 400 g/mol. The number of nitrogens with one attached hydrogen (secondary N) is 1. The number of carbonyl (C=O) groups excluding carboxylic acids is 1. The first-order valence-electron chi connectivity index (χ1n) is 9.89. The number of anilines is 1. The third-order valence-electron chi connectivity index (χ3n) is 5.42. The van der Waals surface area contributed by atoms with Crippen molar-refractivity contribution in [1.29, 1.82) is 0 Å². The van der Waals surface area contributed by atoms with Crippen LogP contribution in [0.2, 0.25) is 5.15 Å². The Morgan fingerprint density at radius 1 is 1.32 bits per heavy atom. The number of pyridine rings is 2. The van der Waals surface area contributed by atoms with E-state index in [1.54, 1.807) is 12.3 Å². The van der Waals surface area contributed by atoms with Crippen molar-refractivity contribution in [1.82, 2.24) is 15.3 Å².